The molecule has 0 spiro atoms. The summed E-state index contributed by atoms with van der Waals surface area (Å²) in [5.74, 6) is -0.464. The van der Waals surface area contributed by atoms with Crippen LogP contribution in [-0.2, 0) is 20.6 Å². The van der Waals surface area contributed by atoms with Crippen LogP contribution >= 0.6 is 0 Å². The normalized spacial score (nSPS) is 19.1. The van der Waals surface area contributed by atoms with Crippen molar-refractivity contribution in [2.75, 3.05) is 6.61 Å². The molecule has 216 valence electrons. The molecule has 0 aromatic heterocycles. The van der Waals surface area contributed by atoms with Gasteiger partial charge in [0.05, 0.1) is 6.54 Å². The topological polar surface area (TPSA) is 66.9 Å². The lowest BCUT2D eigenvalue weighted by Gasteiger charge is -2.43. The highest BCUT2D eigenvalue weighted by molar-refractivity contribution is 6.99. The monoisotopic (exact) mass is 578 g/mol. The zero-order valence-electron chi connectivity index (χ0n) is 24.6. The second-order valence-electron chi connectivity index (χ2n) is 12.6. The van der Waals surface area contributed by atoms with Crippen LogP contribution in [0.15, 0.2) is 84.9 Å². The molecule has 6 nitrogen and oxygen atoms in total. The summed E-state index contributed by atoms with van der Waals surface area (Å²) in [7, 11) is -2.57. The van der Waals surface area contributed by atoms with Gasteiger partial charge in [-0.3, -0.25) is 14.4 Å². The van der Waals surface area contributed by atoms with E-state index < -0.39 is 8.32 Å². The molecule has 42 heavy (non-hydrogen) atoms. The Morgan fingerprint density at radius 2 is 1.38 bits per heavy atom. The summed E-state index contributed by atoms with van der Waals surface area (Å²) in [6, 6.07) is 27.2. The first-order valence-electron chi connectivity index (χ1n) is 15.0. The molecule has 1 atom stereocenters. The van der Waals surface area contributed by atoms with Crippen molar-refractivity contribution in [1.29, 1.82) is 0 Å². The molecule has 3 aromatic rings. The van der Waals surface area contributed by atoms with E-state index in [-0.39, 0.29) is 29.3 Å². The molecule has 0 saturated carbocycles. The third-order valence-electron chi connectivity index (χ3n) is 8.93. The van der Waals surface area contributed by atoms with Crippen molar-refractivity contribution in [3.05, 3.63) is 102 Å². The fourth-order valence-electron chi connectivity index (χ4n) is 6.84. The Hall–Kier alpha value is -3.81. The van der Waals surface area contributed by atoms with Crippen LogP contribution < -0.4 is 10.4 Å². The van der Waals surface area contributed by atoms with Gasteiger partial charge in [0.1, 0.15) is 0 Å². The predicted molar refractivity (Wildman–Crippen MR) is 166 cm³/mol. The van der Waals surface area contributed by atoms with Gasteiger partial charge in [-0.05, 0) is 63.4 Å². The van der Waals surface area contributed by atoms with Crippen molar-refractivity contribution in [2.24, 2.45) is 5.92 Å². The van der Waals surface area contributed by atoms with Crippen molar-refractivity contribution in [3.8, 4) is 0 Å². The summed E-state index contributed by atoms with van der Waals surface area (Å²) in [4.78, 5) is 38.3. The summed E-state index contributed by atoms with van der Waals surface area (Å²) < 4.78 is 7.09. The second-order valence-corrected chi connectivity index (χ2v) is 16.9. The lowest BCUT2D eigenvalue weighted by Crippen LogP contribution is -2.66. The van der Waals surface area contributed by atoms with E-state index in [2.05, 4.69) is 93.6 Å². The Morgan fingerprint density at radius 1 is 0.810 bits per heavy atom. The number of carbonyl (C=O) groups excluding carboxylic acids is 3. The van der Waals surface area contributed by atoms with Gasteiger partial charge in [0.15, 0.2) is 0 Å². The maximum absolute atomic E-state index is 13.2. The van der Waals surface area contributed by atoms with E-state index in [0.29, 0.717) is 37.4 Å². The van der Waals surface area contributed by atoms with Crippen LogP contribution in [0.4, 0.5) is 0 Å². The molecule has 1 saturated heterocycles. The predicted octanol–water partition coefficient (Wildman–Crippen LogP) is 5.47. The third-order valence-corrected chi connectivity index (χ3v) is 14.0. The van der Waals surface area contributed by atoms with Crippen LogP contribution in [0.1, 0.15) is 74.4 Å². The van der Waals surface area contributed by atoms with Gasteiger partial charge in [-0.25, -0.2) is 5.01 Å². The van der Waals surface area contributed by atoms with Crippen LogP contribution in [0.25, 0.3) is 5.57 Å². The average Bonchev–Trinajstić information content (AvgIpc) is 3.28. The number of hydrogen-bond donors (Lipinski definition) is 0. The zero-order chi connectivity index (χ0) is 29.5. The van der Waals surface area contributed by atoms with E-state index in [9.17, 15) is 14.4 Å². The number of imide groups is 1. The van der Waals surface area contributed by atoms with E-state index in [4.69, 9.17) is 4.43 Å². The zero-order valence-corrected chi connectivity index (χ0v) is 25.6. The molecule has 3 amide bonds. The first-order valence-corrected chi connectivity index (χ1v) is 16.9. The molecule has 0 bridgehead atoms. The fraction of sp³-hybridized carbons (Fsp3) is 0.343. The molecule has 2 heterocycles. The lowest BCUT2D eigenvalue weighted by molar-refractivity contribution is -0.163. The van der Waals surface area contributed by atoms with E-state index >= 15 is 0 Å². The maximum atomic E-state index is 13.2. The molecule has 1 aliphatic carbocycles. The van der Waals surface area contributed by atoms with Crippen molar-refractivity contribution in [3.63, 3.8) is 0 Å². The maximum Gasteiger partial charge on any atom is 0.273 e. The van der Waals surface area contributed by atoms with E-state index in [1.54, 1.807) is 6.07 Å². The molecular weight excluding hydrogens is 540 g/mol. The molecule has 7 heteroatoms. The fourth-order valence-corrected chi connectivity index (χ4v) is 11.4. The standard InChI is InChI=1S/C35H38N2O4Si/c1-35(2,3)42(27-12-6-4-7-13-27,28-14-8-5-9-15-28)41-21-20-25-22-26(23-25)29-16-10-17-30-31(29)24-36(34(30)40)37-32(38)18-11-19-33(37)39/h4-10,12-17,22,25H,11,18-21,23-24H2,1-3H3. The summed E-state index contributed by atoms with van der Waals surface area (Å²) in [6.45, 7) is 7.81. The summed E-state index contributed by atoms with van der Waals surface area (Å²) in [5.41, 5.74) is 3.75. The number of rotatable bonds is 8. The van der Waals surface area contributed by atoms with Crippen LogP contribution in [0, 0.1) is 5.92 Å². The van der Waals surface area contributed by atoms with E-state index in [1.165, 1.54) is 21.0 Å². The minimum absolute atomic E-state index is 0.0591. The number of amides is 3. The molecule has 3 aliphatic rings. The number of benzene rings is 3. The Morgan fingerprint density at radius 3 is 1.95 bits per heavy atom. The number of allylic oxidation sites excluding steroid dienone is 2. The highest BCUT2D eigenvalue weighted by Crippen LogP contribution is 2.42. The smallest absolute Gasteiger partial charge is 0.273 e. The van der Waals surface area contributed by atoms with Crippen LogP contribution in [-0.4, -0.2) is 42.7 Å². The van der Waals surface area contributed by atoms with Crippen molar-refractivity contribution in [1.82, 2.24) is 10.0 Å². The number of fused-ring (bicyclic) bond motifs is 1. The van der Waals surface area contributed by atoms with Gasteiger partial charge < -0.3 is 4.43 Å². The number of piperidine rings is 1. The third kappa shape index (κ3) is 4.84. The summed E-state index contributed by atoms with van der Waals surface area (Å²) in [6.07, 6.45) is 5.27. The Labute approximate surface area is 249 Å². The molecule has 6 rings (SSSR count). The van der Waals surface area contributed by atoms with Gasteiger partial charge in [-0.15, -0.1) is 0 Å². The Kier molecular flexibility index (Phi) is 7.49. The highest BCUT2D eigenvalue weighted by Gasteiger charge is 2.50. The van der Waals surface area contributed by atoms with Crippen molar-refractivity contribution < 1.29 is 18.8 Å². The molecule has 0 N–H and O–H groups in total. The van der Waals surface area contributed by atoms with Gasteiger partial charge in [-0.2, -0.15) is 5.01 Å². The van der Waals surface area contributed by atoms with Gasteiger partial charge >= 0.3 is 0 Å². The van der Waals surface area contributed by atoms with Crippen molar-refractivity contribution in [2.45, 2.75) is 64.5 Å². The van der Waals surface area contributed by atoms with E-state index in [1.807, 2.05) is 6.07 Å². The molecule has 1 unspecified atom stereocenters. The van der Waals surface area contributed by atoms with Gasteiger partial charge in [0.25, 0.3) is 14.2 Å². The van der Waals surface area contributed by atoms with E-state index in [0.717, 1.165) is 29.0 Å². The Balaban J connectivity index is 1.19. The average molecular weight is 579 g/mol. The number of nitrogens with zero attached hydrogens (tertiary/aromatic N) is 2. The Bertz CT molecular complexity index is 1490. The largest absolute Gasteiger partial charge is 0.407 e. The first-order chi connectivity index (χ1) is 20.2. The number of hydrazine groups is 1. The van der Waals surface area contributed by atoms with Gasteiger partial charge in [-0.1, -0.05) is 99.6 Å². The summed E-state index contributed by atoms with van der Waals surface area (Å²) >= 11 is 0. The van der Waals surface area contributed by atoms with Crippen LogP contribution in [0.2, 0.25) is 5.04 Å². The minimum atomic E-state index is -2.57. The molecule has 2 aliphatic heterocycles. The second kappa shape index (κ2) is 11.1. The van der Waals surface area contributed by atoms with Crippen LogP contribution in [0.5, 0.6) is 0 Å². The van der Waals surface area contributed by atoms with Crippen molar-refractivity contribution >= 4 is 42.0 Å². The first kappa shape index (κ1) is 28.3. The molecule has 0 radical (unpaired) electrons. The number of hydrogen-bond acceptors (Lipinski definition) is 4. The lowest BCUT2D eigenvalue weighted by atomic mass is 9.79. The molecule has 1 fully saturated rings. The minimum Gasteiger partial charge on any atom is -0.407 e. The molecule has 3 aromatic carbocycles. The SMILES string of the molecule is CC(C)(C)[Si](OCCC1C=C(c2cccc3c2CN(N2C(=O)CCCC2=O)C3=O)C1)(c1ccccc1)c1ccccc1. The highest BCUT2D eigenvalue weighted by atomic mass is 28.4. The quantitative estimate of drug-likeness (QED) is 0.263. The molecular formula is C35H38N2O4Si. The number of carbonyl (C=O) groups is 3. The summed E-state index contributed by atoms with van der Waals surface area (Å²) in [5, 5.41) is 4.93. The van der Waals surface area contributed by atoms with Gasteiger partial charge in [0.2, 0.25) is 11.8 Å². The van der Waals surface area contributed by atoms with Gasteiger partial charge in [0, 0.05) is 25.0 Å². The van der Waals surface area contributed by atoms with Crippen LogP contribution in [0.3, 0.4) is 0 Å².